The molecule has 0 bridgehead atoms. The molecule has 3 rings (SSSR count). The third kappa shape index (κ3) is 3.36. The molecule has 3 heteroatoms. The molecule has 1 heterocycles. The summed E-state index contributed by atoms with van der Waals surface area (Å²) in [5, 5.41) is 3.86. The van der Waals surface area contributed by atoms with Gasteiger partial charge in [0.1, 0.15) is 0 Å². The van der Waals surface area contributed by atoms with E-state index in [1.807, 2.05) is 11.8 Å². The van der Waals surface area contributed by atoms with Crippen LogP contribution in [-0.4, -0.2) is 5.75 Å². The number of hydrogen-bond donors (Lipinski definition) is 1. The molecule has 0 fully saturated rings. The van der Waals surface area contributed by atoms with E-state index in [1.54, 1.807) is 0 Å². The van der Waals surface area contributed by atoms with E-state index in [4.69, 9.17) is 0 Å². The first-order valence-corrected chi connectivity index (χ1v) is 9.09. The van der Waals surface area contributed by atoms with Crippen LogP contribution in [-0.2, 0) is 5.54 Å². The predicted octanol–water partition coefficient (Wildman–Crippen LogP) is 5.51. The van der Waals surface area contributed by atoms with Gasteiger partial charge in [0.05, 0.1) is 0 Å². The maximum Gasteiger partial charge on any atom is 0.0382 e. The third-order valence-corrected chi connectivity index (χ3v) is 5.71. The maximum atomic E-state index is 3.86. The van der Waals surface area contributed by atoms with E-state index < -0.39 is 0 Å². The van der Waals surface area contributed by atoms with Crippen molar-refractivity contribution in [3.8, 4) is 0 Å². The Balaban J connectivity index is 1.84. The van der Waals surface area contributed by atoms with Gasteiger partial charge in [0.15, 0.2) is 0 Å². The van der Waals surface area contributed by atoms with Crippen molar-refractivity contribution in [2.24, 2.45) is 0 Å². The Hall–Kier alpha value is -0.770. The van der Waals surface area contributed by atoms with E-state index in [2.05, 4.69) is 83.6 Å². The van der Waals surface area contributed by atoms with Crippen LogP contribution in [0.15, 0.2) is 57.9 Å². The van der Waals surface area contributed by atoms with Crippen LogP contribution < -0.4 is 5.32 Å². The normalized spacial score (nSPS) is 18.3. The SMILES string of the molecule is CC(C)(NC1CCSc2ccccc21)c1ccc(Br)cc1. The van der Waals surface area contributed by atoms with Gasteiger partial charge < -0.3 is 5.32 Å². The van der Waals surface area contributed by atoms with Crippen molar-refractivity contribution < 1.29 is 0 Å². The fraction of sp³-hybridized carbons (Fsp3) is 0.333. The number of hydrogen-bond acceptors (Lipinski definition) is 2. The molecule has 21 heavy (non-hydrogen) atoms. The van der Waals surface area contributed by atoms with Crippen LogP contribution in [0.3, 0.4) is 0 Å². The van der Waals surface area contributed by atoms with Crippen LogP contribution in [0.4, 0.5) is 0 Å². The molecule has 0 amide bonds. The summed E-state index contributed by atoms with van der Waals surface area (Å²) < 4.78 is 1.13. The molecular weight excluding hydrogens is 342 g/mol. The Morgan fingerprint density at radius 3 is 2.57 bits per heavy atom. The van der Waals surface area contributed by atoms with Gasteiger partial charge >= 0.3 is 0 Å². The molecule has 0 spiro atoms. The fourth-order valence-corrected chi connectivity index (χ4v) is 4.27. The van der Waals surface area contributed by atoms with Gasteiger partial charge in [0.25, 0.3) is 0 Å². The topological polar surface area (TPSA) is 12.0 Å². The van der Waals surface area contributed by atoms with Crippen LogP contribution in [0.1, 0.15) is 37.4 Å². The first-order chi connectivity index (χ1) is 10.1. The molecule has 0 saturated heterocycles. The smallest absolute Gasteiger partial charge is 0.0382 e. The highest BCUT2D eigenvalue weighted by Crippen LogP contribution is 2.38. The standard InChI is InChI=1S/C18H20BrNS/c1-18(2,13-7-9-14(19)10-8-13)20-16-11-12-21-17-6-4-3-5-15(16)17/h3-10,16,20H,11-12H2,1-2H3. The minimum atomic E-state index is -0.0412. The highest BCUT2D eigenvalue weighted by molar-refractivity contribution is 9.10. The van der Waals surface area contributed by atoms with E-state index in [1.165, 1.54) is 28.2 Å². The number of fused-ring (bicyclic) bond motifs is 1. The van der Waals surface area contributed by atoms with E-state index in [-0.39, 0.29) is 5.54 Å². The van der Waals surface area contributed by atoms with Crippen molar-refractivity contribution in [2.45, 2.75) is 36.7 Å². The molecule has 1 aliphatic heterocycles. The molecule has 0 aromatic heterocycles. The largest absolute Gasteiger partial charge is 0.301 e. The van der Waals surface area contributed by atoms with Gasteiger partial charge in [0, 0.05) is 20.9 Å². The first-order valence-electron chi connectivity index (χ1n) is 7.32. The van der Waals surface area contributed by atoms with Gasteiger partial charge in [0.2, 0.25) is 0 Å². The molecule has 0 radical (unpaired) electrons. The summed E-state index contributed by atoms with van der Waals surface area (Å²) >= 11 is 5.48. The Bertz CT molecular complexity index is 621. The van der Waals surface area contributed by atoms with Gasteiger partial charge in [-0.25, -0.2) is 0 Å². The Labute approximate surface area is 139 Å². The lowest BCUT2D eigenvalue weighted by Crippen LogP contribution is -2.40. The molecular formula is C18H20BrNS. The van der Waals surface area contributed by atoms with Crippen LogP contribution >= 0.6 is 27.7 Å². The first kappa shape index (κ1) is 15.1. The van der Waals surface area contributed by atoms with Crippen LogP contribution in [0.5, 0.6) is 0 Å². The van der Waals surface area contributed by atoms with Gasteiger partial charge in [-0.05, 0) is 55.3 Å². The highest BCUT2D eigenvalue weighted by atomic mass is 79.9. The summed E-state index contributed by atoms with van der Waals surface area (Å²) in [5.41, 5.74) is 2.72. The minimum Gasteiger partial charge on any atom is -0.301 e. The minimum absolute atomic E-state index is 0.0412. The summed E-state index contributed by atoms with van der Waals surface area (Å²) in [7, 11) is 0. The molecule has 1 nitrogen and oxygen atoms in total. The lowest BCUT2D eigenvalue weighted by Gasteiger charge is -2.35. The fourth-order valence-electron chi connectivity index (χ4n) is 2.88. The number of thioether (sulfide) groups is 1. The molecule has 1 N–H and O–H groups in total. The highest BCUT2D eigenvalue weighted by Gasteiger charge is 2.28. The van der Waals surface area contributed by atoms with Gasteiger partial charge in [-0.1, -0.05) is 46.3 Å². The molecule has 2 aromatic carbocycles. The van der Waals surface area contributed by atoms with Gasteiger partial charge in [-0.3, -0.25) is 0 Å². The Morgan fingerprint density at radius 2 is 1.81 bits per heavy atom. The van der Waals surface area contributed by atoms with Crippen molar-refractivity contribution in [1.29, 1.82) is 0 Å². The van der Waals surface area contributed by atoms with Gasteiger partial charge in [-0.2, -0.15) is 0 Å². The van der Waals surface area contributed by atoms with Crippen molar-refractivity contribution in [3.63, 3.8) is 0 Å². The second-order valence-electron chi connectivity index (χ2n) is 6.00. The van der Waals surface area contributed by atoms with Crippen LogP contribution in [0.25, 0.3) is 0 Å². The number of benzene rings is 2. The van der Waals surface area contributed by atoms with E-state index in [9.17, 15) is 0 Å². The summed E-state index contributed by atoms with van der Waals surface area (Å²) in [6, 6.07) is 17.8. The summed E-state index contributed by atoms with van der Waals surface area (Å²) in [4.78, 5) is 1.42. The van der Waals surface area contributed by atoms with E-state index >= 15 is 0 Å². The zero-order chi connectivity index (χ0) is 14.9. The van der Waals surface area contributed by atoms with E-state index in [0.717, 1.165) is 4.47 Å². The molecule has 110 valence electrons. The molecule has 0 saturated carbocycles. The number of rotatable bonds is 3. The number of nitrogens with one attached hydrogen (secondary N) is 1. The molecule has 0 aliphatic carbocycles. The van der Waals surface area contributed by atoms with Crippen LogP contribution in [0, 0.1) is 0 Å². The summed E-state index contributed by atoms with van der Waals surface area (Å²) in [6.45, 7) is 4.53. The molecule has 2 aromatic rings. The Kier molecular flexibility index (Phi) is 4.43. The molecule has 1 aliphatic rings. The van der Waals surface area contributed by atoms with Crippen molar-refractivity contribution in [2.75, 3.05) is 5.75 Å². The lowest BCUT2D eigenvalue weighted by molar-refractivity contribution is 0.335. The summed E-state index contributed by atoms with van der Waals surface area (Å²) in [6.07, 6.45) is 1.18. The second kappa shape index (κ2) is 6.15. The number of halogens is 1. The average Bonchev–Trinajstić information content (AvgIpc) is 2.48. The monoisotopic (exact) mass is 361 g/mol. The molecule has 1 atom stereocenters. The van der Waals surface area contributed by atoms with E-state index in [0.29, 0.717) is 6.04 Å². The zero-order valence-corrected chi connectivity index (χ0v) is 14.8. The maximum absolute atomic E-state index is 3.86. The van der Waals surface area contributed by atoms with Crippen LogP contribution in [0.2, 0.25) is 0 Å². The average molecular weight is 362 g/mol. The zero-order valence-electron chi connectivity index (χ0n) is 12.4. The quantitative estimate of drug-likeness (QED) is 0.773. The molecule has 1 unspecified atom stereocenters. The predicted molar refractivity (Wildman–Crippen MR) is 94.8 cm³/mol. The van der Waals surface area contributed by atoms with Crippen molar-refractivity contribution >= 4 is 27.7 Å². The summed E-state index contributed by atoms with van der Waals surface area (Å²) in [5.74, 6) is 1.19. The third-order valence-electron chi connectivity index (χ3n) is 4.06. The second-order valence-corrected chi connectivity index (χ2v) is 8.06. The van der Waals surface area contributed by atoms with Crippen molar-refractivity contribution in [3.05, 3.63) is 64.1 Å². The lowest BCUT2D eigenvalue weighted by atomic mass is 9.91. The van der Waals surface area contributed by atoms with Crippen molar-refractivity contribution in [1.82, 2.24) is 5.32 Å². The van der Waals surface area contributed by atoms with Gasteiger partial charge in [-0.15, -0.1) is 11.8 Å². The Morgan fingerprint density at radius 1 is 1.10 bits per heavy atom.